The van der Waals surface area contributed by atoms with E-state index in [2.05, 4.69) is 4.90 Å². The van der Waals surface area contributed by atoms with Crippen molar-refractivity contribution in [1.82, 2.24) is 4.90 Å². The number of carbonyl (C=O) groups is 2. The van der Waals surface area contributed by atoms with Gasteiger partial charge in [0.1, 0.15) is 11.6 Å². The molecule has 27 heavy (non-hydrogen) atoms. The molecule has 2 aliphatic rings. The van der Waals surface area contributed by atoms with Gasteiger partial charge in [-0.25, -0.2) is 9.29 Å². The van der Waals surface area contributed by atoms with Gasteiger partial charge in [-0.05, 0) is 36.4 Å². The quantitative estimate of drug-likeness (QED) is 0.839. The van der Waals surface area contributed by atoms with Gasteiger partial charge in [-0.2, -0.15) is 0 Å². The molecule has 2 amide bonds. The molecule has 0 aliphatic carbocycles. The van der Waals surface area contributed by atoms with Gasteiger partial charge in [0.05, 0.1) is 23.8 Å². The van der Waals surface area contributed by atoms with Crippen LogP contribution in [0.25, 0.3) is 0 Å². The van der Waals surface area contributed by atoms with Crippen molar-refractivity contribution >= 4 is 23.2 Å². The smallest absolute Gasteiger partial charge is 0.251 e. The molecular weight excluding hydrogens is 349 g/mol. The van der Waals surface area contributed by atoms with Crippen molar-refractivity contribution in [3.05, 3.63) is 54.3 Å². The highest BCUT2D eigenvalue weighted by Crippen LogP contribution is 2.30. The molecule has 0 radical (unpaired) electrons. The number of carbonyl (C=O) groups excluding carboxylic acids is 2. The molecule has 1 atom stereocenters. The summed E-state index contributed by atoms with van der Waals surface area (Å²) >= 11 is 0. The normalized spacial score (nSPS) is 21.1. The minimum atomic E-state index is -0.492. The summed E-state index contributed by atoms with van der Waals surface area (Å²) in [6.07, 6.45) is 0.132. The van der Waals surface area contributed by atoms with Crippen LogP contribution < -0.4 is 9.80 Å². The molecule has 2 saturated heterocycles. The van der Waals surface area contributed by atoms with E-state index in [0.29, 0.717) is 31.9 Å². The van der Waals surface area contributed by atoms with Crippen LogP contribution >= 0.6 is 0 Å². The number of imide groups is 1. The van der Waals surface area contributed by atoms with E-state index in [1.807, 2.05) is 17.0 Å². The fraction of sp³-hybridized carbons (Fsp3) is 0.300. The summed E-state index contributed by atoms with van der Waals surface area (Å²) in [5.74, 6) is -0.697. The van der Waals surface area contributed by atoms with Crippen molar-refractivity contribution in [2.75, 3.05) is 36.0 Å². The second-order valence-corrected chi connectivity index (χ2v) is 6.78. The van der Waals surface area contributed by atoms with Crippen LogP contribution in [0, 0.1) is 5.82 Å². The minimum Gasteiger partial charge on any atom is -0.506 e. The molecule has 2 aromatic rings. The first-order chi connectivity index (χ1) is 13.0. The first-order valence-electron chi connectivity index (χ1n) is 8.94. The Kier molecular flexibility index (Phi) is 4.53. The first-order valence-corrected chi connectivity index (χ1v) is 8.94. The number of rotatable bonds is 3. The van der Waals surface area contributed by atoms with Gasteiger partial charge in [-0.3, -0.25) is 14.5 Å². The average Bonchev–Trinajstić information content (AvgIpc) is 2.97. The van der Waals surface area contributed by atoms with Crippen molar-refractivity contribution in [1.29, 1.82) is 0 Å². The molecule has 2 fully saturated rings. The number of phenols is 1. The monoisotopic (exact) mass is 369 g/mol. The molecule has 0 bridgehead atoms. The predicted molar refractivity (Wildman–Crippen MR) is 99.2 cm³/mol. The first kappa shape index (κ1) is 17.5. The highest BCUT2D eigenvalue weighted by molar-refractivity contribution is 6.22. The zero-order valence-corrected chi connectivity index (χ0v) is 14.7. The molecule has 1 N–H and O–H groups in total. The summed E-state index contributed by atoms with van der Waals surface area (Å²) in [6.45, 7) is 2.56. The number of phenolic OH excluding ortho intramolecular Hbond substituents is 1. The molecule has 6 nitrogen and oxygen atoms in total. The summed E-state index contributed by atoms with van der Waals surface area (Å²) in [5, 5.41) is 10.0. The second kappa shape index (κ2) is 7.00. The van der Waals surface area contributed by atoms with Crippen molar-refractivity contribution in [3.8, 4) is 5.75 Å². The van der Waals surface area contributed by atoms with Gasteiger partial charge in [0, 0.05) is 26.2 Å². The average molecular weight is 369 g/mol. The van der Waals surface area contributed by atoms with Crippen molar-refractivity contribution in [3.63, 3.8) is 0 Å². The Morgan fingerprint density at radius 3 is 2.26 bits per heavy atom. The van der Waals surface area contributed by atoms with Crippen LogP contribution in [0.2, 0.25) is 0 Å². The van der Waals surface area contributed by atoms with E-state index in [1.54, 1.807) is 12.1 Å². The van der Waals surface area contributed by atoms with Gasteiger partial charge < -0.3 is 10.0 Å². The van der Waals surface area contributed by atoms with Gasteiger partial charge in [0.15, 0.2) is 0 Å². The molecule has 0 saturated carbocycles. The molecule has 2 aromatic carbocycles. The van der Waals surface area contributed by atoms with Crippen LogP contribution in [0.1, 0.15) is 6.42 Å². The van der Waals surface area contributed by atoms with Crippen LogP contribution in [-0.4, -0.2) is 54.0 Å². The number of amides is 2. The summed E-state index contributed by atoms with van der Waals surface area (Å²) in [7, 11) is 0. The van der Waals surface area contributed by atoms with Crippen LogP contribution in [0.3, 0.4) is 0 Å². The van der Waals surface area contributed by atoms with E-state index < -0.39 is 11.9 Å². The lowest BCUT2D eigenvalue weighted by atomic mass is 10.1. The van der Waals surface area contributed by atoms with Gasteiger partial charge in [-0.1, -0.05) is 12.1 Å². The van der Waals surface area contributed by atoms with Gasteiger partial charge in [0.25, 0.3) is 5.91 Å². The maximum atomic E-state index is 13.1. The molecule has 2 heterocycles. The summed E-state index contributed by atoms with van der Waals surface area (Å²) in [5.41, 5.74) is 1.18. The van der Waals surface area contributed by atoms with E-state index in [4.69, 9.17) is 0 Å². The fourth-order valence-electron chi connectivity index (χ4n) is 3.77. The number of piperazine rings is 1. The molecule has 0 aromatic heterocycles. The van der Waals surface area contributed by atoms with E-state index >= 15 is 0 Å². The summed E-state index contributed by atoms with van der Waals surface area (Å²) < 4.78 is 13.1. The van der Waals surface area contributed by atoms with Gasteiger partial charge >= 0.3 is 0 Å². The van der Waals surface area contributed by atoms with Crippen molar-refractivity contribution in [2.24, 2.45) is 0 Å². The number of hydrogen-bond donors (Lipinski definition) is 1. The lowest BCUT2D eigenvalue weighted by molar-refractivity contribution is -0.123. The Morgan fingerprint density at radius 2 is 1.59 bits per heavy atom. The number of nitrogens with zero attached hydrogens (tertiary/aromatic N) is 3. The largest absolute Gasteiger partial charge is 0.506 e. The van der Waals surface area contributed by atoms with E-state index in [0.717, 1.165) is 10.6 Å². The van der Waals surface area contributed by atoms with Crippen LogP contribution in [0.4, 0.5) is 15.8 Å². The molecule has 140 valence electrons. The second-order valence-electron chi connectivity index (χ2n) is 6.78. The molecule has 0 unspecified atom stereocenters. The highest BCUT2D eigenvalue weighted by atomic mass is 19.1. The third-order valence-electron chi connectivity index (χ3n) is 5.19. The number of aromatic hydroxyl groups is 1. The Balaban J connectivity index is 1.44. The molecular formula is C20H20FN3O3. The van der Waals surface area contributed by atoms with Crippen molar-refractivity contribution in [2.45, 2.75) is 12.5 Å². The zero-order valence-electron chi connectivity index (χ0n) is 14.7. The fourth-order valence-corrected chi connectivity index (χ4v) is 3.77. The number of benzene rings is 2. The minimum absolute atomic E-state index is 0.132. The van der Waals surface area contributed by atoms with Crippen molar-refractivity contribution < 1.29 is 19.1 Å². The van der Waals surface area contributed by atoms with E-state index in [9.17, 15) is 19.1 Å². The maximum absolute atomic E-state index is 13.1. The van der Waals surface area contributed by atoms with Crippen LogP contribution in [-0.2, 0) is 9.59 Å². The van der Waals surface area contributed by atoms with E-state index in [1.165, 1.54) is 24.3 Å². The summed E-state index contributed by atoms with van der Waals surface area (Å²) in [6, 6.07) is 12.1. The maximum Gasteiger partial charge on any atom is 0.251 e. The Morgan fingerprint density at radius 1 is 0.926 bits per heavy atom. The van der Waals surface area contributed by atoms with E-state index in [-0.39, 0.29) is 24.0 Å². The Bertz CT molecular complexity index is 863. The van der Waals surface area contributed by atoms with Gasteiger partial charge in [0.2, 0.25) is 5.91 Å². The SMILES string of the molecule is O=C1C[C@@H](N2CCN(c3ccccc3O)CC2)C(=O)N1c1ccc(F)cc1. The van der Waals surface area contributed by atoms with Crippen LogP contribution in [0.15, 0.2) is 48.5 Å². The Labute approximate surface area is 156 Å². The molecule has 4 rings (SSSR count). The zero-order chi connectivity index (χ0) is 19.0. The number of hydrogen-bond acceptors (Lipinski definition) is 5. The third-order valence-corrected chi connectivity index (χ3v) is 5.19. The lowest BCUT2D eigenvalue weighted by Crippen LogP contribution is -2.52. The summed E-state index contributed by atoms with van der Waals surface area (Å²) in [4.78, 5) is 30.5. The lowest BCUT2D eigenvalue weighted by Gasteiger charge is -2.38. The topological polar surface area (TPSA) is 64.1 Å². The third kappa shape index (κ3) is 3.26. The molecule has 2 aliphatic heterocycles. The molecule has 7 heteroatoms. The number of anilines is 2. The predicted octanol–water partition coefficient (Wildman–Crippen LogP) is 1.99. The highest BCUT2D eigenvalue weighted by Gasteiger charge is 2.43. The van der Waals surface area contributed by atoms with Gasteiger partial charge in [-0.15, -0.1) is 0 Å². The Hall–Kier alpha value is -2.93. The van der Waals surface area contributed by atoms with Crippen LogP contribution in [0.5, 0.6) is 5.75 Å². The standard InChI is InChI=1S/C20H20FN3O3/c21-14-5-7-15(8-6-14)24-19(26)13-17(20(24)27)23-11-9-22(10-12-23)16-3-1-2-4-18(16)25/h1-8,17,25H,9-13H2/t17-/m1/s1. The molecule has 0 spiro atoms. The number of para-hydroxylation sites is 2. The number of halogens is 1.